The quantitative estimate of drug-likeness (QED) is 0.527. The second-order valence-electron chi connectivity index (χ2n) is 3.24. The minimum atomic E-state index is -0.180. The molecule has 0 aliphatic carbocycles. The van der Waals surface area contributed by atoms with Gasteiger partial charge in [0.25, 0.3) is 5.91 Å². The number of nitrogens with one attached hydrogen (secondary N) is 1. The number of carbonyl (C=O) groups is 1. The Hall–Kier alpha value is -0.900. The van der Waals surface area contributed by atoms with Gasteiger partial charge in [-0.3, -0.25) is 10.1 Å². The number of hydrogen-bond donors (Lipinski definition) is 1. The molecule has 1 heterocycles. The average Bonchev–Trinajstić information content (AvgIpc) is 2.03. The molecular formula is C7H13N3O. The van der Waals surface area contributed by atoms with Crippen molar-refractivity contribution in [3.8, 4) is 0 Å². The van der Waals surface area contributed by atoms with E-state index in [1.165, 1.54) is 5.01 Å². The predicted octanol–water partition coefficient (Wildman–Crippen LogP) is -0.188. The Bertz CT molecular complexity index is 198. The van der Waals surface area contributed by atoms with Gasteiger partial charge in [0.1, 0.15) is 0 Å². The molecule has 0 saturated heterocycles. The van der Waals surface area contributed by atoms with Crippen molar-refractivity contribution >= 4 is 12.1 Å². The fourth-order valence-corrected chi connectivity index (χ4v) is 0.759. The molecule has 0 aromatic heterocycles. The molecule has 1 rings (SSSR count). The summed E-state index contributed by atoms with van der Waals surface area (Å²) in [6.07, 6.45) is 1.73. The van der Waals surface area contributed by atoms with Crippen molar-refractivity contribution in [2.24, 2.45) is 5.10 Å². The summed E-state index contributed by atoms with van der Waals surface area (Å²) in [5.74, 6) is -0.00757. The molecule has 1 aliphatic rings. The van der Waals surface area contributed by atoms with E-state index in [1.54, 1.807) is 13.3 Å². The van der Waals surface area contributed by atoms with Crippen molar-refractivity contribution in [3.63, 3.8) is 0 Å². The molecule has 0 aromatic rings. The monoisotopic (exact) mass is 155 g/mol. The van der Waals surface area contributed by atoms with Gasteiger partial charge in [-0.15, -0.1) is 0 Å². The normalized spacial score (nSPS) is 23.5. The van der Waals surface area contributed by atoms with Crippen LogP contribution in [-0.2, 0) is 4.79 Å². The Morgan fingerprint density at radius 3 is 3.00 bits per heavy atom. The molecule has 0 spiro atoms. The number of likely N-dealkylation sites (N-methyl/N-ethyl adjacent to an activating group) is 1. The van der Waals surface area contributed by atoms with E-state index in [1.807, 2.05) is 13.8 Å². The third-order valence-corrected chi connectivity index (χ3v) is 1.61. The van der Waals surface area contributed by atoms with Crippen molar-refractivity contribution in [2.45, 2.75) is 19.4 Å². The summed E-state index contributed by atoms with van der Waals surface area (Å²) in [5.41, 5.74) is -0.180. The third-order valence-electron chi connectivity index (χ3n) is 1.61. The van der Waals surface area contributed by atoms with Gasteiger partial charge in [0.15, 0.2) is 0 Å². The maximum Gasteiger partial charge on any atom is 0.256 e. The molecule has 0 saturated carbocycles. The molecule has 0 atom stereocenters. The molecular weight excluding hydrogens is 142 g/mol. The van der Waals surface area contributed by atoms with Crippen LogP contribution in [0.4, 0.5) is 0 Å². The highest BCUT2D eigenvalue weighted by Crippen LogP contribution is 2.02. The van der Waals surface area contributed by atoms with E-state index in [0.29, 0.717) is 6.54 Å². The van der Waals surface area contributed by atoms with Crippen molar-refractivity contribution in [1.82, 2.24) is 10.3 Å². The fraction of sp³-hybridized carbons (Fsp3) is 0.714. The molecule has 0 fully saturated rings. The van der Waals surface area contributed by atoms with Crippen molar-refractivity contribution < 1.29 is 4.79 Å². The lowest BCUT2D eigenvalue weighted by Crippen LogP contribution is -2.42. The van der Waals surface area contributed by atoms with Crippen LogP contribution in [0.1, 0.15) is 13.8 Å². The maximum absolute atomic E-state index is 11.1. The summed E-state index contributed by atoms with van der Waals surface area (Å²) in [4.78, 5) is 11.1. The Labute approximate surface area is 66.3 Å². The minimum Gasteiger partial charge on any atom is -0.298 e. The highest BCUT2D eigenvalue weighted by Gasteiger charge is 2.20. The molecule has 1 aliphatic heterocycles. The van der Waals surface area contributed by atoms with Crippen LogP contribution >= 0.6 is 0 Å². The Balaban J connectivity index is 2.75. The van der Waals surface area contributed by atoms with Gasteiger partial charge in [-0.2, -0.15) is 5.10 Å². The molecule has 1 amide bonds. The SMILES string of the molecule is CN1N=CC(C)(C)NCC1=O. The molecule has 0 bridgehead atoms. The van der Waals surface area contributed by atoms with Gasteiger partial charge in [0.2, 0.25) is 0 Å². The lowest BCUT2D eigenvalue weighted by atomic mass is 10.1. The third kappa shape index (κ3) is 2.01. The Morgan fingerprint density at radius 2 is 2.36 bits per heavy atom. The van der Waals surface area contributed by atoms with Crippen molar-refractivity contribution in [3.05, 3.63) is 0 Å². The second-order valence-corrected chi connectivity index (χ2v) is 3.24. The van der Waals surface area contributed by atoms with E-state index in [4.69, 9.17) is 0 Å². The molecule has 4 heteroatoms. The van der Waals surface area contributed by atoms with E-state index in [9.17, 15) is 4.79 Å². The minimum absolute atomic E-state index is 0.00757. The van der Waals surface area contributed by atoms with Crippen LogP contribution in [0.3, 0.4) is 0 Å². The van der Waals surface area contributed by atoms with Gasteiger partial charge >= 0.3 is 0 Å². The van der Waals surface area contributed by atoms with Crippen LogP contribution in [0.25, 0.3) is 0 Å². The molecule has 4 nitrogen and oxygen atoms in total. The zero-order valence-electron chi connectivity index (χ0n) is 7.09. The average molecular weight is 155 g/mol. The molecule has 0 unspecified atom stereocenters. The summed E-state index contributed by atoms with van der Waals surface area (Å²) in [6, 6.07) is 0. The van der Waals surface area contributed by atoms with Crippen LogP contribution in [0, 0.1) is 0 Å². The fourth-order valence-electron chi connectivity index (χ4n) is 0.759. The summed E-state index contributed by atoms with van der Waals surface area (Å²) in [7, 11) is 1.65. The van der Waals surface area contributed by atoms with Crippen LogP contribution in [0.5, 0.6) is 0 Å². The first-order valence-electron chi connectivity index (χ1n) is 3.58. The number of carbonyl (C=O) groups excluding carboxylic acids is 1. The number of hydrazone groups is 1. The van der Waals surface area contributed by atoms with Gasteiger partial charge in [-0.1, -0.05) is 0 Å². The van der Waals surface area contributed by atoms with E-state index in [0.717, 1.165) is 0 Å². The van der Waals surface area contributed by atoms with E-state index in [2.05, 4.69) is 10.4 Å². The van der Waals surface area contributed by atoms with Gasteiger partial charge < -0.3 is 0 Å². The van der Waals surface area contributed by atoms with Gasteiger partial charge in [-0.05, 0) is 13.8 Å². The van der Waals surface area contributed by atoms with Gasteiger partial charge in [0, 0.05) is 13.3 Å². The predicted molar refractivity (Wildman–Crippen MR) is 43.3 cm³/mol. The number of hydrogen-bond acceptors (Lipinski definition) is 3. The number of rotatable bonds is 0. The zero-order chi connectivity index (χ0) is 8.48. The Kier molecular flexibility index (Phi) is 1.95. The summed E-state index contributed by atoms with van der Waals surface area (Å²) in [6.45, 7) is 4.30. The van der Waals surface area contributed by atoms with E-state index < -0.39 is 0 Å². The smallest absolute Gasteiger partial charge is 0.256 e. The first-order valence-corrected chi connectivity index (χ1v) is 3.58. The van der Waals surface area contributed by atoms with Crippen LogP contribution in [0.2, 0.25) is 0 Å². The summed E-state index contributed by atoms with van der Waals surface area (Å²) < 4.78 is 0. The molecule has 62 valence electrons. The van der Waals surface area contributed by atoms with Crippen LogP contribution < -0.4 is 5.32 Å². The molecule has 1 N–H and O–H groups in total. The maximum atomic E-state index is 11.1. The number of nitrogens with zero attached hydrogens (tertiary/aromatic N) is 2. The molecule has 0 aromatic carbocycles. The van der Waals surface area contributed by atoms with Crippen LogP contribution in [-0.4, -0.2) is 36.3 Å². The van der Waals surface area contributed by atoms with E-state index in [-0.39, 0.29) is 11.4 Å². The summed E-state index contributed by atoms with van der Waals surface area (Å²) in [5, 5.41) is 8.36. The number of amides is 1. The second kappa shape index (κ2) is 2.62. The first kappa shape index (κ1) is 8.20. The standard InChI is InChI=1S/C7H13N3O/c1-7(2)5-9-10(3)6(11)4-8-7/h5,8H,4H2,1-3H3. The largest absolute Gasteiger partial charge is 0.298 e. The zero-order valence-corrected chi connectivity index (χ0v) is 7.09. The molecule has 11 heavy (non-hydrogen) atoms. The highest BCUT2D eigenvalue weighted by molar-refractivity contribution is 5.82. The lowest BCUT2D eigenvalue weighted by Gasteiger charge is -2.17. The van der Waals surface area contributed by atoms with Gasteiger partial charge in [0.05, 0.1) is 12.1 Å². The Morgan fingerprint density at radius 1 is 1.73 bits per heavy atom. The van der Waals surface area contributed by atoms with Crippen molar-refractivity contribution in [2.75, 3.05) is 13.6 Å². The van der Waals surface area contributed by atoms with E-state index >= 15 is 0 Å². The van der Waals surface area contributed by atoms with Crippen molar-refractivity contribution in [1.29, 1.82) is 0 Å². The first-order chi connectivity index (χ1) is 5.01. The topological polar surface area (TPSA) is 44.7 Å². The summed E-state index contributed by atoms with van der Waals surface area (Å²) >= 11 is 0. The van der Waals surface area contributed by atoms with Gasteiger partial charge in [-0.25, -0.2) is 5.01 Å². The molecule has 0 radical (unpaired) electrons. The van der Waals surface area contributed by atoms with Crippen LogP contribution in [0.15, 0.2) is 5.10 Å². The lowest BCUT2D eigenvalue weighted by molar-refractivity contribution is -0.128. The highest BCUT2D eigenvalue weighted by atomic mass is 16.2.